The van der Waals surface area contributed by atoms with Crippen molar-refractivity contribution >= 4 is 22.5 Å². The molecule has 1 saturated carbocycles. The van der Waals surface area contributed by atoms with Crippen molar-refractivity contribution in [1.29, 1.82) is 0 Å². The highest BCUT2D eigenvalue weighted by Gasteiger charge is 2.46. The predicted octanol–water partition coefficient (Wildman–Crippen LogP) is 4.00. The minimum Gasteiger partial charge on any atom is -0.360 e. The number of rotatable bonds is 1. The third-order valence-electron chi connectivity index (χ3n) is 6.05. The van der Waals surface area contributed by atoms with Gasteiger partial charge in [-0.15, -0.1) is 0 Å². The fourth-order valence-corrected chi connectivity index (χ4v) is 4.76. The number of nitrogens with zero attached hydrogens (tertiary/aromatic N) is 1. The Morgan fingerprint density at radius 3 is 2.58 bits per heavy atom. The summed E-state index contributed by atoms with van der Waals surface area (Å²) in [5.41, 5.74) is 3.07. The molecule has 2 aromatic carbocycles. The summed E-state index contributed by atoms with van der Waals surface area (Å²) in [6.45, 7) is 0.678. The lowest BCUT2D eigenvalue weighted by Crippen LogP contribution is -2.37. The Morgan fingerprint density at radius 2 is 1.73 bits per heavy atom. The van der Waals surface area contributed by atoms with Gasteiger partial charge in [-0.1, -0.05) is 43.2 Å². The number of H-pyrrole nitrogens is 1. The molecule has 1 N–H and O–H groups in total. The summed E-state index contributed by atoms with van der Waals surface area (Å²) in [6, 6.07) is 15.5. The zero-order valence-electron chi connectivity index (χ0n) is 14.5. The van der Waals surface area contributed by atoms with Gasteiger partial charge in [-0.3, -0.25) is 9.59 Å². The Labute approximate surface area is 151 Å². The van der Waals surface area contributed by atoms with E-state index >= 15 is 0 Å². The molecular formula is C22H20N2O2. The summed E-state index contributed by atoms with van der Waals surface area (Å²) in [5.74, 6) is -0.201. The summed E-state index contributed by atoms with van der Waals surface area (Å²) < 4.78 is 0. The summed E-state index contributed by atoms with van der Waals surface area (Å²) in [5, 5.41) is 0.557. The standard InChI is InChI=1S/C22H20N2O2/c25-20-15-7-1-3-9-18(15)23-13-16(20)21(26)24-14-22(11-5-6-12-22)17-8-2-4-10-19(17)24/h1-4,7-10,13H,5-6,11-12,14H2,(H,23,25). The molecule has 0 bridgehead atoms. The van der Waals surface area contributed by atoms with E-state index in [4.69, 9.17) is 0 Å². The number of anilines is 1. The Hall–Kier alpha value is -2.88. The second-order valence-corrected chi connectivity index (χ2v) is 7.47. The molecule has 0 radical (unpaired) electrons. The topological polar surface area (TPSA) is 53.2 Å². The molecule has 1 spiro atoms. The first-order valence-electron chi connectivity index (χ1n) is 9.21. The number of carbonyl (C=O) groups is 1. The average Bonchev–Trinajstić information content (AvgIpc) is 3.28. The second-order valence-electron chi connectivity index (χ2n) is 7.47. The highest BCUT2D eigenvalue weighted by molar-refractivity contribution is 6.08. The van der Waals surface area contributed by atoms with Gasteiger partial charge in [0.25, 0.3) is 5.91 Å². The summed E-state index contributed by atoms with van der Waals surface area (Å²) in [4.78, 5) is 31.1. The number of amides is 1. The van der Waals surface area contributed by atoms with Gasteiger partial charge in [0.15, 0.2) is 0 Å². The molecule has 2 aliphatic rings. The number of carbonyl (C=O) groups excluding carboxylic acids is 1. The van der Waals surface area contributed by atoms with Gasteiger partial charge in [0.05, 0.1) is 0 Å². The molecule has 3 aromatic rings. The second kappa shape index (κ2) is 5.56. The molecule has 5 rings (SSSR count). The number of hydrogen-bond acceptors (Lipinski definition) is 2. The Balaban J connectivity index is 1.62. The lowest BCUT2D eigenvalue weighted by Gasteiger charge is -2.24. The van der Waals surface area contributed by atoms with Crippen LogP contribution in [-0.2, 0) is 5.41 Å². The van der Waals surface area contributed by atoms with E-state index in [9.17, 15) is 9.59 Å². The first kappa shape index (κ1) is 15.4. The lowest BCUT2D eigenvalue weighted by molar-refractivity contribution is 0.0984. The normalized spacial score (nSPS) is 17.8. The van der Waals surface area contributed by atoms with Gasteiger partial charge in [-0.2, -0.15) is 0 Å². The van der Waals surface area contributed by atoms with Crippen LogP contribution >= 0.6 is 0 Å². The zero-order chi connectivity index (χ0) is 17.7. The van der Waals surface area contributed by atoms with Crippen LogP contribution in [-0.4, -0.2) is 17.4 Å². The van der Waals surface area contributed by atoms with Crippen LogP contribution in [0.25, 0.3) is 10.9 Å². The molecule has 4 heteroatoms. The van der Waals surface area contributed by atoms with Gasteiger partial charge < -0.3 is 9.88 Å². The Bertz CT molecular complexity index is 1080. The Morgan fingerprint density at radius 1 is 1.00 bits per heavy atom. The fraction of sp³-hybridized carbons (Fsp3) is 0.273. The molecule has 1 amide bonds. The van der Waals surface area contributed by atoms with Crippen molar-refractivity contribution < 1.29 is 4.79 Å². The molecule has 1 aliphatic heterocycles. The molecular weight excluding hydrogens is 324 g/mol. The zero-order valence-corrected chi connectivity index (χ0v) is 14.5. The molecule has 2 heterocycles. The van der Waals surface area contributed by atoms with Gasteiger partial charge in [0.1, 0.15) is 5.56 Å². The number of aromatic amines is 1. The van der Waals surface area contributed by atoms with Crippen LogP contribution in [0, 0.1) is 0 Å². The number of hydrogen-bond donors (Lipinski definition) is 1. The SMILES string of the molecule is O=C(c1c[nH]c2ccccc2c1=O)N1CC2(CCCC2)c2ccccc21. The first-order valence-corrected chi connectivity index (χ1v) is 9.21. The van der Waals surface area contributed by atoms with E-state index in [1.165, 1.54) is 18.4 Å². The highest BCUT2D eigenvalue weighted by Crippen LogP contribution is 2.50. The molecule has 130 valence electrons. The number of para-hydroxylation sites is 2. The largest absolute Gasteiger partial charge is 0.360 e. The maximum Gasteiger partial charge on any atom is 0.263 e. The molecule has 0 atom stereocenters. The van der Waals surface area contributed by atoms with E-state index < -0.39 is 0 Å². The van der Waals surface area contributed by atoms with Crippen LogP contribution in [0.5, 0.6) is 0 Å². The molecule has 0 saturated heterocycles. The lowest BCUT2D eigenvalue weighted by atomic mass is 9.81. The molecule has 1 fully saturated rings. The summed E-state index contributed by atoms with van der Waals surface area (Å²) in [7, 11) is 0. The van der Waals surface area contributed by atoms with Crippen LogP contribution in [0.4, 0.5) is 5.69 Å². The third kappa shape index (κ3) is 2.08. The van der Waals surface area contributed by atoms with Crippen LogP contribution < -0.4 is 10.3 Å². The average molecular weight is 344 g/mol. The van der Waals surface area contributed by atoms with Gasteiger partial charge >= 0.3 is 0 Å². The molecule has 0 unspecified atom stereocenters. The maximum absolute atomic E-state index is 13.3. The number of nitrogens with one attached hydrogen (secondary N) is 1. The maximum atomic E-state index is 13.3. The fourth-order valence-electron chi connectivity index (χ4n) is 4.76. The Kier molecular flexibility index (Phi) is 3.29. The van der Waals surface area contributed by atoms with Gasteiger partial charge in [0, 0.05) is 34.7 Å². The van der Waals surface area contributed by atoms with E-state index in [0.29, 0.717) is 11.9 Å². The van der Waals surface area contributed by atoms with Crippen LogP contribution in [0.1, 0.15) is 41.6 Å². The van der Waals surface area contributed by atoms with Gasteiger partial charge in [0.2, 0.25) is 5.43 Å². The number of benzene rings is 2. The molecule has 4 nitrogen and oxygen atoms in total. The van der Waals surface area contributed by atoms with Crippen LogP contribution in [0.3, 0.4) is 0 Å². The summed E-state index contributed by atoms with van der Waals surface area (Å²) >= 11 is 0. The predicted molar refractivity (Wildman–Crippen MR) is 103 cm³/mol. The van der Waals surface area contributed by atoms with E-state index in [-0.39, 0.29) is 22.3 Å². The van der Waals surface area contributed by atoms with Crippen LogP contribution in [0.2, 0.25) is 0 Å². The first-order chi connectivity index (χ1) is 12.7. The number of fused-ring (bicyclic) bond motifs is 3. The van der Waals surface area contributed by atoms with Crippen molar-refractivity contribution in [3.05, 3.63) is 76.1 Å². The van der Waals surface area contributed by atoms with E-state index in [0.717, 1.165) is 24.0 Å². The number of aromatic nitrogens is 1. The van der Waals surface area contributed by atoms with Crippen molar-refractivity contribution in [2.45, 2.75) is 31.1 Å². The smallest absolute Gasteiger partial charge is 0.263 e. The van der Waals surface area contributed by atoms with Crippen molar-refractivity contribution in [1.82, 2.24) is 4.98 Å². The van der Waals surface area contributed by atoms with Gasteiger partial charge in [-0.25, -0.2) is 0 Å². The van der Waals surface area contributed by atoms with E-state index in [1.54, 1.807) is 12.3 Å². The van der Waals surface area contributed by atoms with Crippen molar-refractivity contribution in [3.8, 4) is 0 Å². The third-order valence-corrected chi connectivity index (χ3v) is 6.05. The number of pyridine rings is 1. The minimum atomic E-state index is -0.201. The van der Waals surface area contributed by atoms with Crippen LogP contribution in [0.15, 0.2) is 59.5 Å². The van der Waals surface area contributed by atoms with E-state index in [1.807, 2.05) is 35.2 Å². The van der Waals surface area contributed by atoms with Crippen molar-refractivity contribution in [2.24, 2.45) is 0 Å². The van der Waals surface area contributed by atoms with Gasteiger partial charge in [-0.05, 0) is 36.6 Å². The minimum absolute atomic E-state index is 0.0653. The summed E-state index contributed by atoms with van der Waals surface area (Å²) in [6.07, 6.45) is 6.19. The molecule has 1 aromatic heterocycles. The monoisotopic (exact) mass is 344 g/mol. The highest BCUT2D eigenvalue weighted by atomic mass is 16.2. The molecule has 26 heavy (non-hydrogen) atoms. The van der Waals surface area contributed by atoms with Crippen molar-refractivity contribution in [2.75, 3.05) is 11.4 Å². The quantitative estimate of drug-likeness (QED) is 0.725. The van der Waals surface area contributed by atoms with Crippen molar-refractivity contribution in [3.63, 3.8) is 0 Å². The molecule has 1 aliphatic carbocycles. The van der Waals surface area contributed by atoms with E-state index in [2.05, 4.69) is 17.1 Å².